The van der Waals surface area contributed by atoms with Crippen molar-refractivity contribution in [1.82, 2.24) is 34.7 Å². The minimum atomic E-state index is -0.575. The molecule has 1 N–H and O–H groups in total. The lowest BCUT2D eigenvalue weighted by molar-refractivity contribution is 0.168. The highest BCUT2D eigenvalue weighted by atomic mass is 35.5. The zero-order valence-corrected chi connectivity index (χ0v) is 16.9. The zero-order valence-electron chi connectivity index (χ0n) is 16.1. The van der Waals surface area contributed by atoms with Gasteiger partial charge >= 0.3 is 12.1 Å². The van der Waals surface area contributed by atoms with E-state index in [1.807, 2.05) is 12.1 Å². The molecule has 0 aliphatic heterocycles. The van der Waals surface area contributed by atoms with Gasteiger partial charge in [-0.25, -0.2) is 19.0 Å². The number of hydrogen-bond donors (Lipinski definition) is 1. The molecule has 0 aliphatic carbocycles. The van der Waals surface area contributed by atoms with Gasteiger partial charge in [-0.2, -0.15) is 4.98 Å². The van der Waals surface area contributed by atoms with Crippen LogP contribution in [0, 0.1) is 0 Å². The Kier molecular flexibility index (Phi) is 5.44. The molecule has 0 saturated heterocycles. The van der Waals surface area contributed by atoms with Gasteiger partial charge in [0.15, 0.2) is 0 Å². The van der Waals surface area contributed by atoms with Gasteiger partial charge in [0.05, 0.1) is 22.8 Å². The van der Waals surface area contributed by atoms with E-state index in [2.05, 4.69) is 30.8 Å². The van der Waals surface area contributed by atoms with Crippen LogP contribution in [-0.2, 0) is 18.4 Å². The number of nitrogens with one attached hydrogen (secondary N) is 1. The molecule has 0 aliphatic rings. The number of nitrogens with zero attached hydrogens (tertiary/aromatic N) is 7. The lowest BCUT2D eigenvalue weighted by Gasteiger charge is -2.09. The van der Waals surface area contributed by atoms with E-state index in [-0.39, 0.29) is 19.2 Å². The predicted octanol–water partition coefficient (Wildman–Crippen LogP) is 2.74. The second-order valence-electron chi connectivity index (χ2n) is 6.09. The number of carbonyl (C=O) groups excluding carboxylic acids is 1. The molecule has 0 saturated carbocycles. The summed E-state index contributed by atoms with van der Waals surface area (Å²) >= 11 is 6.30. The fourth-order valence-corrected chi connectivity index (χ4v) is 3.00. The van der Waals surface area contributed by atoms with Gasteiger partial charge < -0.3 is 9.47 Å². The van der Waals surface area contributed by atoms with Crippen molar-refractivity contribution < 1.29 is 14.3 Å². The van der Waals surface area contributed by atoms with Gasteiger partial charge in [0.1, 0.15) is 17.9 Å². The molecule has 0 fully saturated rings. The first-order chi connectivity index (χ1) is 14.6. The second kappa shape index (κ2) is 8.33. The van der Waals surface area contributed by atoms with Gasteiger partial charge in [0.2, 0.25) is 0 Å². The first-order valence-corrected chi connectivity index (χ1v) is 9.37. The molecule has 0 bridgehead atoms. The summed E-state index contributed by atoms with van der Waals surface area (Å²) in [6.45, 7) is 2.08. The van der Waals surface area contributed by atoms with Crippen LogP contribution < -0.4 is 10.1 Å². The summed E-state index contributed by atoms with van der Waals surface area (Å²) in [6, 6.07) is 10.8. The number of tetrazole rings is 1. The van der Waals surface area contributed by atoms with Crippen molar-refractivity contribution >= 4 is 34.5 Å². The van der Waals surface area contributed by atoms with Gasteiger partial charge in [-0.05, 0) is 41.6 Å². The number of fused-ring (bicyclic) bond motifs is 1. The molecular formula is C18H17ClN8O3. The number of carbonyl (C=O) groups is 1. The molecule has 4 rings (SSSR count). The number of imidazole rings is 1. The van der Waals surface area contributed by atoms with Crippen LogP contribution in [0.5, 0.6) is 6.01 Å². The number of hydrogen-bond acceptors (Lipinski definition) is 8. The van der Waals surface area contributed by atoms with Gasteiger partial charge in [-0.3, -0.25) is 5.32 Å². The van der Waals surface area contributed by atoms with E-state index in [1.165, 1.54) is 4.68 Å². The summed E-state index contributed by atoms with van der Waals surface area (Å²) in [5.74, 6) is 0.768. The van der Waals surface area contributed by atoms with Gasteiger partial charge in [0.25, 0.3) is 5.95 Å². The van der Waals surface area contributed by atoms with Gasteiger partial charge in [0, 0.05) is 7.05 Å². The Morgan fingerprint density at radius 1 is 1.20 bits per heavy atom. The fourth-order valence-electron chi connectivity index (χ4n) is 2.79. The van der Waals surface area contributed by atoms with Crippen LogP contribution in [0.2, 0.25) is 5.02 Å². The predicted molar refractivity (Wildman–Crippen MR) is 108 cm³/mol. The summed E-state index contributed by atoms with van der Waals surface area (Å²) in [5, 5.41) is 14.6. The first kappa shape index (κ1) is 19.6. The quantitative estimate of drug-likeness (QED) is 0.497. The largest absolute Gasteiger partial charge is 0.458 e. The van der Waals surface area contributed by atoms with Crippen molar-refractivity contribution in [1.29, 1.82) is 0 Å². The van der Waals surface area contributed by atoms with Gasteiger partial charge in [-0.1, -0.05) is 28.8 Å². The molecule has 30 heavy (non-hydrogen) atoms. The summed E-state index contributed by atoms with van der Waals surface area (Å²) < 4.78 is 14.0. The van der Waals surface area contributed by atoms with Crippen molar-refractivity contribution in [2.24, 2.45) is 7.05 Å². The van der Waals surface area contributed by atoms with Crippen LogP contribution in [0.1, 0.15) is 12.6 Å². The topological polar surface area (TPSA) is 122 Å². The van der Waals surface area contributed by atoms with Crippen molar-refractivity contribution in [3.8, 4) is 12.0 Å². The smallest absolute Gasteiger partial charge is 0.412 e. The highest BCUT2D eigenvalue weighted by Gasteiger charge is 2.20. The van der Waals surface area contributed by atoms with E-state index in [0.717, 1.165) is 0 Å². The molecule has 1 aromatic carbocycles. The highest BCUT2D eigenvalue weighted by Crippen LogP contribution is 2.29. The second-order valence-corrected chi connectivity index (χ2v) is 6.50. The maximum atomic E-state index is 11.6. The SMILES string of the molecule is CCOC(=O)Nc1cccc(COc2nc3c(Cl)cccc3n2-c2nnnn2C)n1. The number of benzene rings is 1. The maximum Gasteiger partial charge on any atom is 0.412 e. The Balaban J connectivity index is 1.63. The lowest BCUT2D eigenvalue weighted by atomic mass is 10.3. The van der Waals surface area contributed by atoms with E-state index in [9.17, 15) is 4.79 Å². The molecular weight excluding hydrogens is 412 g/mol. The maximum absolute atomic E-state index is 11.6. The number of halogens is 1. The molecule has 4 aromatic rings. The minimum Gasteiger partial charge on any atom is -0.458 e. The third kappa shape index (κ3) is 3.87. The molecule has 0 spiro atoms. The van der Waals surface area contributed by atoms with E-state index in [4.69, 9.17) is 21.1 Å². The number of amides is 1. The van der Waals surface area contributed by atoms with Crippen LogP contribution in [0.25, 0.3) is 17.0 Å². The molecule has 11 nitrogen and oxygen atoms in total. The molecule has 0 unspecified atom stereocenters. The number of para-hydroxylation sites is 1. The normalized spacial score (nSPS) is 10.9. The van der Waals surface area contributed by atoms with Crippen LogP contribution in [0.4, 0.5) is 10.6 Å². The van der Waals surface area contributed by atoms with Crippen molar-refractivity contribution in [2.45, 2.75) is 13.5 Å². The summed E-state index contributed by atoms with van der Waals surface area (Å²) in [5.41, 5.74) is 1.83. The molecule has 3 heterocycles. The third-order valence-corrected chi connectivity index (χ3v) is 4.37. The number of aromatic nitrogens is 7. The Morgan fingerprint density at radius 2 is 2.03 bits per heavy atom. The number of anilines is 1. The molecule has 0 atom stereocenters. The van der Waals surface area contributed by atoms with E-state index < -0.39 is 6.09 Å². The van der Waals surface area contributed by atoms with Crippen LogP contribution >= 0.6 is 11.6 Å². The number of rotatable bonds is 6. The van der Waals surface area contributed by atoms with Crippen LogP contribution in [-0.4, -0.2) is 47.4 Å². The zero-order chi connectivity index (χ0) is 21.1. The number of pyridine rings is 1. The van der Waals surface area contributed by atoms with E-state index in [1.54, 1.807) is 42.8 Å². The van der Waals surface area contributed by atoms with E-state index >= 15 is 0 Å². The lowest BCUT2D eigenvalue weighted by Crippen LogP contribution is -2.15. The fraction of sp³-hybridized carbons (Fsp3) is 0.222. The van der Waals surface area contributed by atoms with Crippen molar-refractivity contribution in [3.05, 3.63) is 47.1 Å². The number of aryl methyl sites for hydroxylation is 1. The summed E-state index contributed by atoms with van der Waals surface area (Å²) in [7, 11) is 1.71. The standard InChI is InChI=1S/C18H17ClN8O3/c1-3-29-18(28)21-14-9-4-6-11(20-14)10-30-17-22-15-12(19)7-5-8-13(15)27(17)16-23-24-25-26(16)2/h4-9H,3,10H2,1-2H3,(H,20,21,28). The average Bonchev–Trinajstić information content (AvgIpc) is 3.30. The molecule has 0 radical (unpaired) electrons. The minimum absolute atomic E-state index is 0.0879. The third-order valence-electron chi connectivity index (χ3n) is 4.06. The summed E-state index contributed by atoms with van der Waals surface area (Å²) in [6.07, 6.45) is -0.575. The first-order valence-electron chi connectivity index (χ1n) is 8.99. The molecule has 3 aromatic heterocycles. The summed E-state index contributed by atoms with van der Waals surface area (Å²) in [4.78, 5) is 20.4. The Labute approximate surface area is 175 Å². The van der Waals surface area contributed by atoms with Gasteiger partial charge in [-0.15, -0.1) is 0 Å². The van der Waals surface area contributed by atoms with Crippen molar-refractivity contribution in [3.63, 3.8) is 0 Å². The number of ether oxygens (including phenoxy) is 2. The monoisotopic (exact) mass is 428 g/mol. The molecule has 1 amide bonds. The molecule has 154 valence electrons. The Bertz CT molecular complexity index is 1210. The van der Waals surface area contributed by atoms with Crippen LogP contribution in [0.3, 0.4) is 0 Å². The Morgan fingerprint density at radius 3 is 2.80 bits per heavy atom. The van der Waals surface area contributed by atoms with Crippen molar-refractivity contribution in [2.75, 3.05) is 11.9 Å². The van der Waals surface area contributed by atoms with Crippen LogP contribution in [0.15, 0.2) is 36.4 Å². The van der Waals surface area contributed by atoms with E-state index in [0.29, 0.717) is 33.5 Å². The Hall–Kier alpha value is -3.73. The average molecular weight is 429 g/mol. The molecule has 12 heteroatoms. The highest BCUT2D eigenvalue weighted by molar-refractivity contribution is 6.35.